The van der Waals surface area contributed by atoms with Gasteiger partial charge in [0.05, 0.1) is 13.3 Å². The Morgan fingerprint density at radius 1 is 1.00 bits per heavy atom. The zero-order valence-electron chi connectivity index (χ0n) is 16.3. The van der Waals surface area contributed by atoms with Gasteiger partial charge in [0.15, 0.2) is 11.5 Å². The van der Waals surface area contributed by atoms with Crippen molar-refractivity contribution in [1.29, 1.82) is 0 Å². The molecule has 0 amide bonds. The third-order valence-corrected chi connectivity index (χ3v) is 5.80. The average molecular weight is 404 g/mol. The minimum absolute atomic E-state index is 0.0980. The van der Waals surface area contributed by atoms with Crippen LogP contribution in [-0.2, 0) is 10.1 Å². The van der Waals surface area contributed by atoms with Gasteiger partial charge in [0.2, 0.25) is 0 Å². The first-order chi connectivity index (χ1) is 13.4. The Morgan fingerprint density at radius 2 is 1.68 bits per heavy atom. The van der Waals surface area contributed by atoms with Crippen LogP contribution in [0.1, 0.15) is 11.1 Å². The topological polar surface area (TPSA) is 71.4 Å². The fourth-order valence-electron chi connectivity index (χ4n) is 2.76. The minimum atomic E-state index is -3.94. The van der Waals surface area contributed by atoms with Gasteiger partial charge in [-0.15, -0.1) is 0 Å². The maximum atomic E-state index is 12.5. The van der Waals surface area contributed by atoms with E-state index in [4.69, 9.17) is 8.92 Å². The first kappa shape index (κ1) is 20.2. The molecule has 2 aromatic carbocycles. The van der Waals surface area contributed by atoms with Crippen LogP contribution in [0.5, 0.6) is 11.5 Å². The van der Waals surface area contributed by atoms with Crippen LogP contribution in [-0.4, -0.2) is 64.9 Å². The van der Waals surface area contributed by atoms with Gasteiger partial charge in [0.1, 0.15) is 4.90 Å². The SMILES string of the molecule is COc1cc(/C=N\N2CCN(C)CC2)ccc1OS(=O)(=O)c1ccc(C)cc1. The van der Waals surface area contributed by atoms with Gasteiger partial charge in [-0.05, 0) is 49.9 Å². The van der Waals surface area contributed by atoms with Crippen molar-refractivity contribution < 1.29 is 17.3 Å². The summed E-state index contributed by atoms with van der Waals surface area (Å²) in [7, 11) is -0.370. The fraction of sp³-hybridized carbons (Fsp3) is 0.350. The van der Waals surface area contributed by atoms with E-state index in [0.717, 1.165) is 37.3 Å². The van der Waals surface area contributed by atoms with Crippen molar-refractivity contribution in [2.24, 2.45) is 5.10 Å². The normalized spacial score (nSPS) is 15.8. The molecule has 0 saturated carbocycles. The zero-order valence-corrected chi connectivity index (χ0v) is 17.1. The van der Waals surface area contributed by atoms with E-state index in [1.807, 2.05) is 11.9 Å². The molecule has 1 saturated heterocycles. The molecule has 0 aromatic heterocycles. The second-order valence-corrected chi connectivity index (χ2v) is 8.31. The smallest absolute Gasteiger partial charge is 0.339 e. The molecule has 1 heterocycles. The number of benzene rings is 2. The molecule has 0 N–H and O–H groups in total. The lowest BCUT2D eigenvalue weighted by Crippen LogP contribution is -2.41. The monoisotopic (exact) mass is 403 g/mol. The highest BCUT2D eigenvalue weighted by Crippen LogP contribution is 2.30. The van der Waals surface area contributed by atoms with Crippen molar-refractivity contribution in [3.63, 3.8) is 0 Å². The summed E-state index contributed by atoms with van der Waals surface area (Å²) in [5.41, 5.74) is 1.77. The van der Waals surface area contributed by atoms with Gasteiger partial charge < -0.3 is 13.8 Å². The molecule has 3 rings (SSSR count). The van der Waals surface area contributed by atoms with Crippen molar-refractivity contribution in [2.45, 2.75) is 11.8 Å². The van der Waals surface area contributed by atoms with Crippen LogP contribution in [0.4, 0.5) is 0 Å². The van der Waals surface area contributed by atoms with Gasteiger partial charge in [-0.2, -0.15) is 13.5 Å². The number of piperazine rings is 1. The van der Waals surface area contributed by atoms with E-state index in [1.165, 1.54) is 19.2 Å². The number of hydrogen-bond acceptors (Lipinski definition) is 7. The highest BCUT2D eigenvalue weighted by molar-refractivity contribution is 7.87. The molecule has 0 spiro atoms. The van der Waals surface area contributed by atoms with E-state index in [0.29, 0.717) is 5.75 Å². The van der Waals surface area contributed by atoms with Crippen molar-refractivity contribution in [2.75, 3.05) is 40.3 Å². The zero-order chi connectivity index (χ0) is 20.1. The molecule has 1 aliphatic heterocycles. The van der Waals surface area contributed by atoms with Crippen molar-refractivity contribution in [3.05, 3.63) is 53.6 Å². The van der Waals surface area contributed by atoms with E-state index >= 15 is 0 Å². The molecule has 0 atom stereocenters. The summed E-state index contributed by atoms with van der Waals surface area (Å²) >= 11 is 0. The Balaban J connectivity index is 1.75. The second-order valence-electron chi connectivity index (χ2n) is 6.76. The Labute approximate surface area is 166 Å². The number of aryl methyl sites for hydroxylation is 1. The molecule has 0 bridgehead atoms. The molecule has 150 valence electrons. The Morgan fingerprint density at radius 3 is 2.32 bits per heavy atom. The standard InChI is InChI=1S/C20H25N3O4S/c1-16-4-7-18(8-5-16)28(24,25)27-19-9-6-17(14-20(19)26-3)15-21-23-12-10-22(2)11-13-23/h4-9,14-15H,10-13H2,1-3H3/b21-15-. The van der Waals surface area contributed by atoms with Gasteiger partial charge in [-0.3, -0.25) is 5.01 Å². The van der Waals surface area contributed by atoms with Gasteiger partial charge in [0, 0.05) is 26.2 Å². The largest absolute Gasteiger partial charge is 0.493 e. The summed E-state index contributed by atoms with van der Waals surface area (Å²) in [6.07, 6.45) is 1.74. The molecule has 1 aliphatic rings. The van der Waals surface area contributed by atoms with Crippen LogP contribution >= 0.6 is 0 Å². The first-order valence-corrected chi connectivity index (χ1v) is 10.4. The number of nitrogens with zero attached hydrogens (tertiary/aromatic N) is 3. The highest BCUT2D eigenvalue weighted by atomic mass is 32.2. The molecule has 0 aliphatic carbocycles. The number of hydrazone groups is 1. The second kappa shape index (κ2) is 8.62. The van der Waals surface area contributed by atoms with E-state index in [9.17, 15) is 8.42 Å². The summed E-state index contributed by atoms with van der Waals surface area (Å²) in [6.45, 7) is 5.59. The predicted molar refractivity (Wildman–Crippen MR) is 109 cm³/mol. The summed E-state index contributed by atoms with van der Waals surface area (Å²) in [4.78, 5) is 2.36. The molecule has 0 radical (unpaired) electrons. The van der Waals surface area contributed by atoms with Crippen LogP contribution in [0.3, 0.4) is 0 Å². The Kier molecular flexibility index (Phi) is 6.21. The summed E-state index contributed by atoms with van der Waals surface area (Å²) < 4.78 is 35.6. The lowest BCUT2D eigenvalue weighted by Gasteiger charge is -2.30. The third kappa shape index (κ3) is 5.02. The van der Waals surface area contributed by atoms with Gasteiger partial charge in [0.25, 0.3) is 0 Å². The minimum Gasteiger partial charge on any atom is -0.493 e. The third-order valence-electron chi connectivity index (χ3n) is 4.55. The van der Waals surface area contributed by atoms with Crippen LogP contribution in [0.25, 0.3) is 0 Å². The Hall–Kier alpha value is -2.58. The lowest BCUT2D eigenvalue weighted by atomic mass is 10.2. The molecular formula is C20H25N3O4S. The lowest BCUT2D eigenvalue weighted by molar-refractivity contribution is 0.159. The maximum absolute atomic E-state index is 12.5. The summed E-state index contributed by atoms with van der Waals surface area (Å²) in [6, 6.07) is 11.5. The Bertz CT molecular complexity index is 934. The maximum Gasteiger partial charge on any atom is 0.339 e. The van der Waals surface area contributed by atoms with Crippen LogP contribution in [0, 0.1) is 6.92 Å². The number of ether oxygens (including phenoxy) is 1. The van der Waals surface area contributed by atoms with Gasteiger partial charge in [-0.25, -0.2) is 0 Å². The molecular weight excluding hydrogens is 378 g/mol. The van der Waals surface area contributed by atoms with Crippen LogP contribution in [0.15, 0.2) is 52.5 Å². The number of hydrogen-bond donors (Lipinski definition) is 0. The number of rotatable bonds is 6. The van der Waals surface area contributed by atoms with E-state index < -0.39 is 10.1 Å². The molecule has 28 heavy (non-hydrogen) atoms. The summed E-state index contributed by atoms with van der Waals surface area (Å²) in [5.74, 6) is 0.470. The van der Waals surface area contributed by atoms with E-state index in [-0.39, 0.29) is 10.6 Å². The molecule has 2 aromatic rings. The van der Waals surface area contributed by atoms with Gasteiger partial charge in [-0.1, -0.05) is 17.7 Å². The van der Waals surface area contributed by atoms with Crippen LogP contribution < -0.4 is 8.92 Å². The van der Waals surface area contributed by atoms with Crippen molar-refractivity contribution >= 4 is 16.3 Å². The van der Waals surface area contributed by atoms with E-state index in [1.54, 1.807) is 36.5 Å². The quantitative estimate of drug-likeness (QED) is 0.545. The predicted octanol–water partition coefficient (Wildman–Crippen LogP) is 2.35. The number of likely N-dealkylation sites (N-methyl/N-ethyl adjacent to an activating group) is 1. The molecule has 0 unspecified atom stereocenters. The number of methoxy groups -OCH3 is 1. The average Bonchev–Trinajstić information content (AvgIpc) is 2.68. The molecule has 7 nitrogen and oxygen atoms in total. The molecule has 1 fully saturated rings. The molecule has 8 heteroatoms. The summed E-state index contributed by atoms with van der Waals surface area (Å²) in [5, 5.41) is 6.50. The van der Waals surface area contributed by atoms with Crippen molar-refractivity contribution in [3.8, 4) is 11.5 Å². The van der Waals surface area contributed by atoms with Crippen LogP contribution in [0.2, 0.25) is 0 Å². The van der Waals surface area contributed by atoms with Crippen molar-refractivity contribution in [1.82, 2.24) is 9.91 Å². The van der Waals surface area contributed by atoms with Gasteiger partial charge >= 0.3 is 10.1 Å². The van der Waals surface area contributed by atoms with E-state index in [2.05, 4.69) is 17.0 Å². The first-order valence-electron chi connectivity index (χ1n) is 9.04. The fourth-order valence-corrected chi connectivity index (χ4v) is 3.70. The highest BCUT2D eigenvalue weighted by Gasteiger charge is 2.19.